The van der Waals surface area contributed by atoms with Crippen LogP contribution in [0.5, 0.6) is 0 Å². The Morgan fingerprint density at radius 3 is 2.67 bits per heavy atom. The monoisotopic (exact) mass is 252 g/mol. The Bertz CT molecular complexity index is 425. The molecule has 1 rings (SSSR count). The molecule has 0 atom stereocenters. The molecule has 0 aromatic carbocycles. The highest BCUT2D eigenvalue weighted by Crippen LogP contribution is 1.92. The molecule has 0 spiro atoms. The van der Waals surface area contributed by atoms with Crippen LogP contribution in [0.25, 0.3) is 0 Å². The summed E-state index contributed by atoms with van der Waals surface area (Å²) in [5.41, 5.74) is 0.822. The minimum Gasteiger partial charge on any atom is -0.315 e. The Labute approximate surface area is 109 Å². The van der Waals surface area contributed by atoms with Crippen LogP contribution in [0.4, 0.5) is 0 Å². The minimum absolute atomic E-state index is 0.0371. The molecule has 0 saturated heterocycles. The first kappa shape index (κ1) is 14.9. The fraction of sp³-hybridized carbons (Fsp3) is 0.692. The van der Waals surface area contributed by atoms with Crippen molar-refractivity contribution in [1.82, 2.24) is 19.8 Å². The van der Waals surface area contributed by atoms with E-state index in [0.717, 1.165) is 37.6 Å². The predicted molar refractivity (Wildman–Crippen MR) is 74.0 cm³/mol. The molecule has 18 heavy (non-hydrogen) atoms. The lowest BCUT2D eigenvalue weighted by atomic mass is 10.4. The van der Waals surface area contributed by atoms with E-state index in [2.05, 4.69) is 29.3 Å². The van der Waals surface area contributed by atoms with Crippen molar-refractivity contribution in [3.05, 3.63) is 27.9 Å². The van der Waals surface area contributed by atoms with Crippen LogP contribution in [0.2, 0.25) is 0 Å². The summed E-state index contributed by atoms with van der Waals surface area (Å²) in [6.45, 7) is 7.26. The van der Waals surface area contributed by atoms with Gasteiger partial charge in [0.2, 0.25) is 0 Å². The molecule has 1 heterocycles. The summed E-state index contributed by atoms with van der Waals surface area (Å²) in [5.74, 6) is 0.787. The fourth-order valence-electron chi connectivity index (χ4n) is 1.87. The maximum Gasteiger partial charge on any atom is 0.253 e. The van der Waals surface area contributed by atoms with Crippen LogP contribution in [0.3, 0.4) is 0 Å². The number of aromatic nitrogens is 2. The summed E-state index contributed by atoms with van der Waals surface area (Å²) in [5, 5.41) is 3.34. The van der Waals surface area contributed by atoms with Crippen molar-refractivity contribution in [3.8, 4) is 0 Å². The molecule has 0 unspecified atom stereocenters. The number of hydrogen-bond donors (Lipinski definition) is 1. The van der Waals surface area contributed by atoms with Gasteiger partial charge in [-0.1, -0.05) is 0 Å². The maximum absolute atomic E-state index is 11.8. The fourth-order valence-corrected chi connectivity index (χ4v) is 1.87. The molecule has 5 heteroatoms. The van der Waals surface area contributed by atoms with Gasteiger partial charge in [0.1, 0.15) is 5.82 Å². The van der Waals surface area contributed by atoms with Crippen molar-refractivity contribution >= 4 is 0 Å². The summed E-state index contributed by atoms with van der Waals surface area (Å²) in [4.78, 5) is 18.2. The van der Waals surface area contributed by atoms with E-state index in [9.17, 15) is 4.79 Å². The molecular weight excluding hydrogens is 228 g/mol. The number of aryl methyl sites for hydroxylation is 2. The second-order valence-corrected chi connectivity index (χ2v) is 4.84. The smallest absolute Gasteiger partial charge is 0.253 e. The van der Waals surface area contributed by atoms with Crippen LogP contribution in [0.15, 0.2) is 10.9 Å². The molecule has 0 fully saturated rings. The minimum atomic E-state index is 0.0371. The van der Waals surface area contributed by atoms with Gasteiger partial charge < -0.3 is 10.2 Å². The van der Waals surface area contributed by atoms with Gasteiger partial charge in [-0.2, -0.15) is 0 Å². The SMILES string of the molecule is Cc1cc(=O)n(CCNCCCN(C)C)c(C)n1. The lowest BCUT2D eigenvalue weighted by Crippen LogP contribution is -2.30. The molecule has 102 valence electrons. The summed E-state index contributed by atoms with van der Waals surface area (Å²) >= 11 is 0. The third kappa shape index (κ3) is 4.98. The van der Waals surface area contributed by atoms with Crippen molar-refractivity contribution in [3.63, 3.8) is 0 Å². The average molecular weight is 252 g/mol. The highest BCUT2D eigenvalue weighted by molar-refractivity contribution is 5.01. The zero-order valence-corrected chi connectivity index (χ0v) is 11.9. The van der Waals surface area contributed by atoms with Crippen LogP contribution in [-0.2, 0) is 6.54 Å². The van der Waals surface area contributed by atoms with Crippen molar-refractivity contribution in [2.45, 2.75) is 26.8 Å². The summed E-state index contributed by atoms with van der Waals surface area (Å²) in [7, 11) is 4.14. The van der Waals surface area contributed by atoms with Gasteiger partial charge >= 0.3 is 0 Å². The third-order valence-electron chi connectivity index (χ3n) is 2.80. The highest BCUT2D eigenvalue weighted by Gasteiger charge is 2.02. The predicted octanol–water partition coefficient (Wildman–Crippen LogP) is 0.401. The van der Waals surface area contributed by atoms with Gasteiger partial charge in [-0.15, -0.1) is 0 Å². The average Bonchev–Trinajstić information content (AvgIpc) is 2.25. The lowest BCUT2D eigenvalue weighted by Gasteiger charge is -2.12. The van der Waals surface area contributed by atoms with Crippen LogP contribution in [0.1, 0.15) is 17.9 Å². The molecule has 0 bridgehead atoms. The summed E-state index contributed by atoms with van der Waals surface area (Å²) < 4.78 is 1.71. The third-order valence-corrected chi connectivity index (χ3v) is 2.80. The second kappa shape index (κ2) is 7.28. The number of nitrogens with one attached hydrogen (secondary N) is 1. The number of rotatable bonds is 7. The molecule has 1 aromatic heterocycles. The van der Waals surface area contributed by atoms with E-state index in [1.165, 1.54) is 0 Å². The molecule has 0 aliphatic carbocycles. The molecular formula is C13H24N4O. The van der Waals surface area contributed by atoms with E-state index in [-0.39, 0.29) is 5.56 Å². The molecule has 0 saturated carbocycles. The van der Waals surface area contributed by atoms with Gasteiger partial charge in [-0.05, 0) is 47.5 Å². The number of nitrogens with zero attached hydrogens (tertiary/aromatic N) is 3. The van der Waals surface area contributed by atoms with Gasteiger partial charge in [0, 0.05) is 24.8 Å². The molecule has 0 aliphatic rings. The molecule has 0 aliphatic heterocycles. The van der Waals surface area contributed by atoms with Crippen LogP contribution < -0.4 is 10.9 Å². The van der Waals surface area contributed by atoms with Gasteiger partial charge in [-0.3, -0.25) is 9.36 Å². The topological polar surface area (TPSA) is 50.2 Å². The Morgan fingerprint density at radius 2 is 2.06 bits per heavy atom. The first-order chi connectivity index (χ1) is 8.50. The van der Waals surface area contributed by atoms with E-state index in [1.54, 1.807) is 10.6 Å². The molecule has 0 amide bonds. The summed E-state index contributed by atoms with van der Waals surface area (Å²) in [6, 6.07) is 1.58. The highest BCUT2D eigenvalue weighted by atomic mass is 16.1. The van der Waals surface area contributed by atoms with Crippen LogP contribution in [-0.4, -0.2) is 48.2 Å². The van der Waals surface area contributed by atoms with Crippen LogP contribution in [0, 0.1) is 13.8 Å². The Hall–Kier alpha value is -1.20. The van der Waals surface area contributed by atoms with E-state index in [0.29, 0.717) is 6.54 Å². The van der Waals surface area contributed by atoms with E-state index >= 15 is 0 Å². The molecule has 1 aromatic rings. The van der Waals surface area contributed by atoms with E-state index < -0.39 is 0 Å². The van der Waals surface area contributed by atoms with Crippen LogP contribution >= 0.6 is 0 Å². The summed E-state index contributed by atoms with van der Waals surface area (Å²) in [6.07, 6.45) is 1.12. The largest absolute Gasteiger partial charge is 0.315 e. The Balaban J connectivity index is 2.34. The molecule has 5 nitrogen and oxygen atoms in total. The van der Waals surface area contributed by atoms with Gasteiger partial charge in [0.15, 0.2) is 0 Å². The van der Waals surface area contributed by atoms with E-state index in [1.807, 2.05) is 13.8 Å². The molecule has 1 N–H and O–H groups in total. The van der Waals surface area contributed by atoms with Gasteiger partial charge in [0.05, 0.1) is 0 Å². The zero-order chi connectivity index (χ0) is 13.5. The maximum atomic E-state index is 11.8. The standard InChI is InChI=1S/C13H24N4O/c1-11-10-13(18)17(12(2)15-11)9-7-14-6-5-8-16(3)4/h10,14H,5-9H2,1-4H3. The second-order valence-electron chi connectivity index (χ2n) is 4.84. The Kier molecular flexibility index (Phi) is 6.01. The Morgan fingerprint density at radius 1 is 1.33 bits per heavy atom. The quantitative estimate of drug-likeness (QED) is 0.714. The van der Waals surface area contributed by atoms with Gasteiger partial charge in [0.25, 0.3) is 5.56 Å². The normalized spacial score (nSPS) is 11.2. The van der Waals surface area contributed by atoms with Gasteiger partial charge in [-0.25, -0.2) is 4.98 Å². The van der Waals surface area contributed by atoms with E-state index in [4.69, 9.17) is 0 Å². The van der Waals surface area contributed by atoms with Crippen molar-refractivity contribution in [2.24, 2.45) is 0 Å². The molecule has 0 radical (unpaired) electrons. The van der Waals surface area contributed by atoms with Crippen molar-refractivity contribution < 1.29 is 0 Å². The lowest BCUT2D eigenvalue weighted by molar-refractivity contribution is 0.393. The first-order valence-corrected chi connectivity index (χ1v) is 6.41. The number of hydrogen-bond acceptors (Lipinski definition) is 4. The zero-order valence-electron chi connectivity index (χ0n) is 11.9. The van der Waals surface area contributed by atoms with Crippen molar-refractivity contribution in [2.75, 3.05) is 33.7 Å². The first-order valence-electron chi connectivity index (χ1n) is 6.41. The van der Waals surface area contributed by atoms with Crippen molar-refractivity contribution in [1.29, 1.82) is 0 Å².